The van der Waals surface area contributed by atoms with Crippen LogP contribution in [0.1, 0.15) is 10.5 Å². The lowest BCUT2D eigenvalue weighted by Gasteiger charge is -2.08. The van der Waals surface area contributed by atoms with Crippen molar-refractivity contribution in [1.82, 2.24) is 9.97 Å². The first-order chi connectivity index (χ1) is 8.97. The van der Waals surface area contributed by atoms with E-state index in [9.17, 15) is 4.79 Å². The van der Waals surface area contributed by atoms with E-state index in [4.69, 9.17) is 33.0 Å². The maximum Gasteiger partial charge on any atom is 0.356 e. The highest BCUT2D eigenvalue weighted by Gasteiger charge is 2.11. The maximum absolute atomic E-state index is 10.8. The Morgan fingerprint density at radius 3 is 2.68 bits per heavy atom. The van der Waals surface area contributed by atoms with Crippen molar-refractivity contribution in [3.8, 4) is 11.6 Å². The first-order valence-corrected chi connectivity index (χ1v) is 6.40. The SMILES string of the molecule is O=C(O)c1cncc(Oc2cc(Cl)c(Br)cc2Cl)n1. The number of halogens is 3. The van der Waals surface area contributed by atoms with Crippen molar-refractivity contribution < 1.29 is 14.6 Å². The molecule has 0 unspecified atom stereocenters. The minimum absolute atomic E-state index is 0.0141. The number of aromatic carboxylic acids is 1. The van der Waals surface area contributed by atoms with E-state index >= 15 is 0 Å². The Kier molecular flexibility index (Phi) is 4.24. The van der Waals surface area contributed by atoms with E-state index in [0.717, 1.165) is 6.20 Å². The monoisotopic (exact) mass is 362 g/mol. The van der Waals surface area contributed by atoms with Crippen molar-refractivity contribution in [2.75, 3.05) is 0 Å². The third-order valence-corrected chi connectivity index (χ3v) is 3.51. The Balaban J connectivity index is 2.33. The molecule has 2 aromatic rings. The first-order valence-electron chi connectivity index (χ1n) is 4.85. The Morgan fingerprint density at radius 1 is 1.26 bits per heavy atom. The van der Waals surface area contributed by atoms with Crippen molar-refractivity contribution in [3.05, 3.63) is 44.7 Å². The van der Waals surface area contributed by atoms with Crippen LogP contribution in [0, 0.1) is 0 Å². The third kappa shape index (κ3) is 3.34. The Hall–Kier alpha value is -1.37. The van der Waals surface area contributed by atoms with E-state index in [2.05, 4.69) is 25.9 Å². The molecule has 5 nitrogen and oxygen atoms in total. The average Bonchev–Trinajstić information content (AvgIpc) is 2.36. The van der Waals surface area contributed by atoms with Crippen LogP contribution in [0.25, 0.3) is 0 Å². The number of carbonyl (C=O) groups is 1. The summed E-state index contributed by atoms with van der Waals surface area (Å²) in [6.07, 6.45) is 2.39. The van der Waals surface area contributed by atoms with Gasteiger partial charge in [0, 0.05) is 10.5 Å². The molecule has 0 saturated heterocycles. The van der Waals surface area contributed by atoms with E-state index in [0.29, 0.717) is 14.5 Å². The number of hydrogen-bond donors (Lipinski definition) is 1. The number of carboxylic acids is 1. The highest BCUT2D eigenvalue weighted by Crippen LogP contribution is 2.35. The molecule has 0 fully saturated rings. The van der Waals surface area contributed by atoms with Gasteiger partial charge in [0.15, 0.2) is 5.69 Å². The molecule has 1 aromatic heterocycles. The molecule has 1 aromatic carbocycles. The molecule has 0 atom stereocenters. The van der Waals surface area contributed by atoms with Gasteiger partial charge in [-0.25, -0.2) is 9.78 Å². The molecular weight excluding hydrogens is 359 g/mol. The van der Waals surface area contributed by atoms with Crippen LogP contribution in [0.4, 0.5) is 0 Å². The van der Waals surface area contributed by atoms with Gasteiger partial charge in [-0.15, -0.1) is 0 Å². The van der Waals surface area contributed by atoms with E-state index in [1.807, 2.05) is 0 Å². The molecule has 1 heterocycles. The highest BCUT2D eigenvalue weighted by atomic mass is 79.9. The van der Waals surface area contributed by atoms with Crippen LogP contribution in [0.3, 0.4) is 0 Å². The number of carboxylic acid groups (broad SMARTS) is 1. The lowest BCUT2D eigenvalue weighted by molar-refractivity contribution is 0.0689. The topological polar surface area (TPSA) is 72.3 Å². The number of benzene rings is 1. The van der Waals surface area contributed by atoms with Crippen molar-refractivity contribution in [2.24, 2.45) is 0 Å². The molecule has 98 valence electrons. The summed E-state index contributed by atoms with van der Waals surface area (Å²) < 4.78 is 5.98. The van der Waals surface area contributed by atoms with Crippen LogP contribution in [-0.2, 0) is 0 Å². The smallest absolute Gasteiger partial charge is 0.356 e. The summed E-state index contributed by atoms with van der Waals surface area (Å²) >= 11 is 15.1. The van der Waals surface area contributed by atoms with Crippen molar-refractivity contribution in [1.29, 1.82) is 0 Å². The van der Waals surface area contributed by atoms with Crippen LogP contribution < -0.4 is 4.74 Å². The summed E-state index contributed by atoms with van der Waals surface area (Å²) in [5.41, 5.74) is -0.225. The molecular formula is C11H5BrCl2N2O3. The summed E-state index contributed by atoms with van der Waals surface area (Å²) in [7, 11) is 0. The van der Waals surface area contributed by atoms with Gasteiger partial charge in [-0.2, -0.15) is 0 Å². The number of hydrogen-bond acceptors (Lipinski definition) is 4. The standard InChI is InChI=1S/C11H5BrCl2N2O3/c12-5-1-7(14)9(2-6(5)13)19-10-4-15-3-8(16-10)11(17)18/h1-4H,(H,17,18). The van der Waals surface area contributed by atoms with Gasteiger partial charge in [-0.1, -0.05) is 23.2 Å². The Bertz CT molecular complexity index is 652. The lowest BCUT2D eigenvalue weighted by atomic mass is 10.3. The maximum atomic E-state index is 10.8. The minimum atomic E-state index is -1.20. The predicted octanol–water partition coefficient (Wildman–Crippen LogP) is 4.04. The second kappa shape index (κ2) is 5.73. The van der Waals surface area contributed by atoms with Gasteiger partial charge < -0.3 is 9.84 Å². The van der Waals surface area contributed by atoms with Crippen LogP contribution in [-0.4, -0.2) is 21.0 Å². The zero-order valence-corrected chi connectivity index (χ0v) is 12.2. The molecule has 0 radical (unpaired) electrons. The molecule has 0 bridgehead atoms. The van der Waals surface area contributed by atoms with E-state index < -0.39 is 5.97 Å². The largest absolute Gasteiger partial charge is 0.476 e. The Morgan fingerprint density at radius 2 is 2.00 bits per heavy atom. The molecule has 1 N–H and O–H groups in total. The van der Waals surface area contributed by atoms with Gasteiger partial charge in [0.25, 0.3) is 0 Å². The van der Waals surface area contributed by atoms with Gasteiger partial charge >= 0.3 is 5.97 Å². The molecule has 0 aliphatic rings. The van der Waals surface area contributed by atoms with Gasteiger partial charge in [-0.05, 0) is 22.0 Å². The fraction of sp³-hybridized carbons (Fsp3) is 0. The quantitative estimate of drug-likeness (QED) is 0.833. The second-order valence-corrected chi connectivity index (χ2v) is 5.02. The van der Waals surface area contributed by atoms with E-state index in [-0.39, 0.29) is 17.3 Å². The summed E-state index contributed by atoms with van der Waals surface area (Å²) in [5.74, 6) is -0.926. The van der Waals surface area contributed by atoms with E-state index in [1.54, 1.807) is 6.07 Å². The minimum Gasteiger partial charge on any atom is -0.476 e. The molecule has 0 aliphatic carbocycles. The third-order valence-electron chi connectivity index (χ3n) is 2.02. The lowest BCUT2D eigenvalue weighted by Crippen LogP contribution is -2.02. The molecule has 0 aliphatic heterocycles. The fourth-order valence-electron chi connectivity index (χ4n) is 1.20. The first kappa shape index (κ1) is 14.0. The van der Waals surface area contributed by atoms with Crippen LogP contribution in [0.2, 0.25) is 10.0 Å². The number of rotatable bonds is 3. The van der Waals surface area contributed by atoms with Crippen LogP contribution in [0.5, 0.6) is 11.6 Å². The fourth-order valence-corrected chi connectivity index (χ4v) is 2.03. The Labute approximate surface area is 126 Å². The number of nitrogens with zero attached hydrogens (tertiary/aromatic N) is 2. The molecule has 0 saturated carbocycles. The summed E-state index contributed by atoms with van der Waals surface area (Å²) in [4.78, 5) is 18.2. The summed E-state index contributed by atoms with van der Waals surface area (Å²) in [5, 5.41) is 9.51. The van der Waals surface area contributed by atoms with Gasteiger partial charge in [0.1, 0.15) is 5.75 Å². The van der Waals surface area contributed by atoms with Crippen molar-refractivity contribution in [3.63, 3.8) is 0 Å². The summed E-state index contributed by atoms with van der Waals surface area (Å²) in [6.45, 7) is 0. The normalized spacial score (nSPS) is 10.3. The molecule has 0 amide bonds. The highest BCUT2D eigenvalue weighted by molar-refractivity contribution is 9.10. The van der Waals surface area contributed by atoms with Gasteiger partial charge in [-0.3, -0.25) is 4.98 Å². The number of aromatic nitrogens is 2. The van der Waals surface area contributed by atoms with Crippen molar-refractivity contribution >= 4 is 45.1 Å². The van der Waals surface area contributed by atoms with E-state index in [1.165, 1.54) is 12.3 Å². The summed E-state index contributed by atoms with van der Waals surface area (Å²) in [6, 6.07) is 3.05. The molecule has 2 rings (SSSR count). The average molecular weight is 364 g/mol. The zero-order chi connectivity index (χ0) is 14.0. The van der Waals surface area contributed by atoms with Gasteiger partial charge in [0.2, 0.25) is 5.88 Å². The van der Waals surface area contributed by atoms with Crippen LogP contribution in [0.15, 0.2) is 29.0 Å². The molecule has 0 spiro atoms. The second-order valence-electron chi connectivity index (χ2n) is 3.35. The molecule has 19 heavy (non-hydrogen) atoms. The molecule has 8 heteroatoms. The zero-order valence-electron chi connectivity index (χ0n) is 9.10. The van der Waals surface area contributed by atoms with Crippen LogP contribution >= 0.6 is 39.1 Å². The van der Waals surface area contributed by atoms with Crippen molar-refractivity contribution in [2.45, 2.75) is 0 Å². The number of ether oxygens (including phenoxy) is 1. The predicted molar refractivity (Wildman–Crippen MR) is 73.2 cm³/mol. The van der Waals surface area contributed by atoms with Gasteiger partial charge in [0.05, 0.1) is 22.4 Å².